The molecule has 1 aliphatic heterocycles. The Labute approximate surface area is 133 Å². The number of hydrogen-bond acceptors (Lipinski definition) is 4. The maximum Gasteiger partial charge on any atom is 0.259 e. The van der Waals surface area contributed by atoms with E-state index in [-0.39, 0.29) is 11.5 Å². The van der Waals surface area contributed by atoms with Crippen LogP contribution < -0.4 is 5.56 Å². The summed E-state index contributed by atoms with van der Waals surface area (Å²) in [6.07, 6.45) is 3.06. The first-order valence-electron chi connectivity index (χ1n) is 7.75. The lowest BCUT2D eigenvalue weighted by atomic mass is 10.2. The topological polar surface area (TPSA) is 66.1 Å². The average molecular weight is 319 g/mol. The molecule has 1 unspecified atom stereocenters. The van der Waals surface area contributed by atoms with Crippen LogP contribution in [0.4, 0.5) is 0 Å². The van der Waals surface area contributed by atoms with E-state index in [1.165, 1.54) is 0 Å². The van der Waals surface area contributed by atoms with Crippen LogP contribution in [0.3, 0.4) is 0 Å². The van der Waals surface area contributed by atoms with Gasteiger partial charge in [0, 0.05) is 30.3 Å². The van der Waals surface area contributed by atoms with Crippen molar-refractivity contribution in [3.05, 3.63) is 26.6 Å². The monoisotopic (exact) mass is 319 g/mol. The van der Waals surface area contributed by atoms with Crippen molar-refractivity contribution in [3.8, 4) is 0 Å². The van der Waals surface area contributed by atoms with Crippen molar-refractivity contribution in [2.45, 2.75) is 52.5 Å². The van der Waals surface area contributed by atoms with E-state index >= 15 is 0 Å². The molecule has 2 aromatic rings. The quantitative estimate of drug-likeness (QED) is 0.945. The second-order valence-electron chi connectivity index (χ2n) is 6.05. The first-order chi connectivity index (χ1) is 10.5. The highest BCUT2D eigenvalue weighted by molar-refractivity contribution is 7.18. The van der Waals surface area contributed by atoms with Gasteiger partial charge in [-0.05, 0) is 39.2 Å². The molecule has 6 heteroatoms. The van der Waals surface area contributed by atoms with E-state index in [0.29, 0.717) is 30.1 Å². The number of carbonyl (C=O) groups excluding carboxylic acids is 1. The Morgan fingerprint density at radius 2 is 2.23 bits per heavy atom. The molecule has 3 rings (SSSR count). The Balaban J connectivity index is 1.77. The lowest BCUT2D eigenvalue weighted by molar-refractivity contribution is -0.131. The van der Waals surface area contributed by atoms with Gasteiger partial charge in [0.1, 0.15) is 10.7 Å². The van der Waals surface area contributed by atoms with Crippen molar-refractivity contribution in [1.29, 1.82) is 0 Å². The summed E-state index contributed by atoms with van der Waals surface area (Å²) in [4.78, 5) is 35.6. The Morgan fingerprint density at radius 3 is 2.91 bits per heavy atom. The van der Waals surface area contributed by atoms with E-state index in [2.05, 4.69) is 16.9 Å². The first-order valence-corrected chi connectivity index (χ1v) is 8.57. The van der Waals surface area contributed by atoms with Crippen molar-refractivity contribution in [2.75, 3.05) is 6.54 Å². The maximum absolute atomic E-state index is 12.2. The van der Waals surface area contributed by atoms with Crippen LogP contribution >= 0.6 is 11.3 Å². The molecule has 22 heavy (non-hydrogen) atoms. The number of aryl methyl sites for hydroxylation is 3. The summed E-state index contributed by atoms with van der Waals surface area (Å²) in [6.45, 7) is 6.89. The Kier molecular flexibility index (Phi) is 4.04. The summed E-state index contributed by atoms with van der Waals surface area (Å²) in [5.41, 5.74) is 0.908. The third-order valence-electron chi connectivity index (χ3n) is 4.54. The molecule has 1 N–H and O–H groups in total. The standard InChI is InChI=1S/C16H21N3O2S/c1-9-5-4-8-19(9)13(20)7-6-12-17-15(21)14-10(2)11(3)22-16(14)18-12/h9H,4-8H2,1-3H3,(H,17,18,21). The lowest BCUT2D eigenvalue weighted by Crippen LogP contribution is -2.33. The van der Waals surface area contributed by atoms with Gasteiger partial charge < -0.3 is 9.88 Å². The minimum atomic E-state index is -0.0937. The number of rotatable bonds is 3. The number of amides is 1. The van der Waals surface area contributed by atoms with E-state index in [4.69, 9.17) is 0 Å². The third-order valence-corrected chi connectivity index (χ3v) is 5.64. The van der Waals surface area contributed by atoms with Gasteiger partial charge in [0.05, 0.1) is 5.39 Å². The predicted octanol–water partition coefficient (Wildman–Crippen LogP) is 2.54. The SMILES string of the molecule is Cc1sc2nc(CCC(=O)N3CCCC3C)[nH]c(=O)c2c1C. The zero-order chi connectivity index (χ0) is 15.9. The molecule has 0 bridgehead atoms. The Bertz CT molecular complexity index is 778. The number of hydrogen-bond donors (Lipinski definition) is 1. The van der Waals surface area contributed by atoms with Gasteiger partial charge in [-0.25, -0.2) is 4.98 Å². The third kappa shape index (κ3) is 2.67. The van der Waals surface area contributed by atoms with Gasteiger partial charge in [0.2, 0.25) is 5.91 Å². The first kappa shape index (κ1) is 15.2. The van der Waals surface area contributed by atoms with Crippen molar-refractivity contribution in [3.63, 3.8) is 0 Å². The number of H-pyrrole nitrogens is 1. The molecular formula is C16H21N3O2S. The van der Waals surface area contributed by atoms with Crippen LogP contribution in [-0.2, 0) is 11.2 Å². The highest BCUT2D eigenvalue weighted by atomic mass is 32.1. The number of aromatic amines is 1. The molecule has 1 amide bonds. The number of thiophene rings is 1. The van der Waals surface area contributed by atoms with Crippen LogP contribution in [0.25, 0.3) is 10.2 Å². The molecule has 3 heterocycles. The summed E-state index contributed by atoms with van der Waals surface area (Å²) in [6, 6.07) is 0.338. The number of nitrogens with zero attached hydrogens (tertiary/aromatic N) is 2. The number of carbonyl (C=O) groups is 1. The van der Waals surface area contributed by atoms with E-state index in [0.717, 1.165) is 34.7 Å². The maximum atomic E-state index is 12.2. The Morgan fingerprint density at radius 1 is 1.45 bits per heavy atom. The fraction of sp³-hybridized carbons (Fsp3) is 0.562. The van der Waals surface area contributed by atoms with E-state index in [9.17, 15) is 9.59 Å². The van der Waals surface area contributed by atoms with Gasteiger partial charge in [0.15, 0.2) is 0 Å². The zero-order valence-electron chi connectivity index (χ0n) is 13.2. The smallest absolute Gasteiger partial charge is 0.259 e. The van der Waals surface area contributed by atoms with Crippen LogP contribution in [0.2, 0.25) is 0 Å². The number of nitrogens with one attached hydrogen (secondary N) is 1. The van der Waals surface area contributed by atoms with Crippen molar-refractivity contribution < 1.29 is 4.79 Å². The van der Waals surface area contributed by atoms with Crippen molar-refractivity contribution in [1.82, 2.24) is 14.9 Å². The van der Waals surface area contributed by atoms with Crippen LogP contribution in [-0.4, -0.2) is 33.4 Å². The summed E-state index contributed by atoms with van der Waals surface area (Å²) in [7, 11) is 0. The highest BCUT2D eigenvalue weighted by Gasteiger charge is 2.24. The largest absolute Gasteiger partial charge is 0.340 e. The highest BCUT2D eigenvalue weighted by Crippen LogP contribution is 2.26. The minimum absolute atomic E-state index is 0.0937. The van der Waals surface area contributed by atoms with E-state index in [1.54, 1.807) is 11.3 Å². The number of fused-ring (bicyclic) bond motifs is 1. The molecule has 1 aliphatic rings. The van der Waals surface area contributed by atoms with E-state index < -0.39 is 0 Å². The van der Waals surface area contributed by atoms with Crippen LogP contribution in [0.15, 0.2) is 4.79 Å². The number of likely N-dealkylation sites (tertiary alicyclic amines) is 1. The molecule has 0 spiro atoms. The minimum Gasteiger partial charge on any atom is -0.340 e. The summed E-state index contributed by atoms with van der Waals surface area (Å²) >= 11 is 1.54. The second-order valence-corrected chi connectivity index (χ2v) is 7.26. The van der Waals surface area contributed by atoms with Gasteiger partial charge >= 0.3 is 0 Å². The fourth-order valence-corrected chi connectivity index (χ4v) is 4.14. The molecule has 1 saturated heterocycles. The second kappa shape index (κ2) is 5.83. The van der Waals surface area contributed by atoms with Crippen LogP contribution in [0, 0.1) is 13.8 Å². The summed E-state index contributed by atoms with van der Waals surface area (Å²) < 4.78 is 0. The molecule has 1 atom stereocenters. The lowest BCUT2D eigenvalue weighted by Gasteiger charge is -2.21. The van der Waals surface area contributed by atoms with Crippen LogP contribution in [0.1, 0.15) is 42.5 Å². The normalized spacial score (nSPS) is 18.3. The predicted molar refractivity (Wildman–Crippen MR) is 88.4 cm³/mol. The van der Waals surface area contributed by atoms with Gasteiger partial charge in [-0.1, -0.05) is 0 Å². The van der Waals surface area contributed by atoms with E-state index in [1.807, 2.05) is 18.7 Å². The molecule has 118 valence electrons. The molecule has 0 radical (unpaired) electrons. The van der Waals surface area contributed by atoms with Gasteiger partial charge in [-0.15, -0.1) is 11.3 Å². The molecule has 0 aromatic carbocycles. The van der Waals surface area contributed by atoms with Crippen molar-refractivity contribution in [2.24, 2.45) is 0 Å². The molecule has 0 aliphatic carbocycles. The summed E-state index contributed by atoms with van der Waals surface area (Å²) in [5.74, 6) is 0.769. The molecule has 0 saturated carbocycles. The van der Waals surface area contributed by atoms with Crippen molar-refractivity contribution >= 4 is 27.5 Å². The van der Waals surface area contributed by atoms with Crippen LogP contribution in [0.5, 0.6) is 0 Å². The number of aromatic nitrogens is 2. The van der Waals surface area contributed by atoms with Gasteiger partial charge in [-0.2, -0.15) is 0 Å². The fourth-order valence-electron chi connectivity index (χ4n) is 3.09. The molecule has 5 nitrogen and oxygen atoms in total. The molecule has 2 aromatic heterocycles. The summed E-state index contributed by atoms with van der Waals surface area (Å²) in [5, 5.41) is 0.686. The van der Waals surface area contributed by atoms with Gasteiger partial charge in [0.25, 0.3) is 5.56 Å². The Hall–Kier alpha value is -1.69. The van der Waals surface area contributed by atoms with Gasteiger partial charge in [-0.3, -0.25) is 9.59 Å². The zero-order valence-corrected chi connectivity index (χ0v) is 14.0. The molecular weight excluding hydrogens is 298 g/mol. The molecule has 1 fully saturated rings. The average Bonchev–Trinajstić information content (AvgIpc) is 3.01.